The lowest BCUT2D eigenvalue weighted by Gasteiger charge is -2.19. The summed E-state index contributed by atoms with van der Waals surface area (Å²) in [4.78, 5) is 0. The molecule has 0 aromatic rings. The van der Waals surface area contributed by atoms with Crippen molar-refractivity contribution in [3.05, 3.63) is 0 Å². The molecular weight excluding hydrogens is 148 g/mol. The van der Waals surface area contributed by atoms with Crippen molar-refractivity contribution in [2.75, 3.05) is 6.54 Å². The Labute approximate surface area is 75.0 Å². The first kappa shape index (κ1) is 9.54. The van der Waals surface area contributed by atoms with E-state index in [1.165, 1.54) is 12.8 Å². The lowest BCUT2D eigenvalue weighted by molar-refractivity contribution is 0.392. The summed E-state index contributed by atoms with van der Waals surface area (Å²) in [6.07, 6.45) is 2.72. The predicted octanol–water partition coefficient (Wildman–Crippen LogP) is 1.92. The van der Waals surface area contributed by atoms with E-state index in [4.69, 9.17) is 5.26 Å². The summed E-state index contributed by atoms with van der Waals surface area (Å²) in [6.45, 7) is 6.96. The van der Waals surface area contributed by atoms with Crippen LogP contribution in [-0.2, 0) is 0 Å². The SMILES string of the molecule is CC(NCC(C)(C)C#N)C1CC1. The van der Waals surface area contributed by atoms with Crippen LogP contribution in [0.5, 0.6) is 0 Å². The molecule has 0 heterocycles. The van der Waals surface area contributed by atoms with Crippen LogP contribution in [0.2, 0.25) is 0 Å². The van der Waals surface area contributed by atoms with E-state index in [9.17, 15) is 0 Å². The summed E-state index contributed by atoms with van der Waals surface area (Å²) in [5.41, 5.74) is -0.219. The van der Waals surface area contributed by atoms with Crippen molar-refractivity contribution in [3.63, 3.8) is 0 Å². The maximum absolute atomic E-state index is 8.77. The molecule has 0 bridgehead atoms. The van der Waals surface area contributed by atoms with Gasteiger partial charge in [0.25, 0.3) is 0 Å². The molecule has 0 saturated heterocycles. The highest BCUT2D eigenvalue weighted by molar-refractivity contribution is 4.95. The minimum Gasteiger partial charge on any atom is -0.312 e. The topological polar surface area (TPSA) is 35.8 Å². The first-order chi connectivity index (χ1) is 5.55. The van der Waals surface area contributed by atoms with Gasteiger partial charge in [-0.15, -0.1) is 0 Å². The van der Waals surface area contributed by atoms with Crippen LogP contribution in [-0.4, -0.2) is 12.6 Å². The highest BCUT2D eigenvalue weighted by atomic mass is 14.9. The number of hydrogen-bond donors (Lipinski definition) is 1. The lowest BCUT2D eigenvalue weighted by Crippen LogP contribution is -2.35. The van der Waals surface area contributed by atoms with Crippen molar-refractivity contribution in [1.29, 1.82) is 5.26 Å². The van der Waals surface area contributed by atoms with Crippen molar-refractivity contribution in [1.82, 2.24) is 5.32 Å². The molecule has 1 aliphatic carbocycles. The Hall–Kier alpha value is -0.550. The molecule has 0 aromatic carbocycles. The second-order valence-electron chi connectivity index (χ2n) is 4.50. The Bertz CT molecular complexity index is 187. The average Bonchev–Trinajstić information content (AvgIpc) is 2.83. The molecule has 68 valence electrons. The van der Waals surface area contributed by atoms with E-state index in [2.05, 4.69) is 18.3 Å². The van der Waals surface area contributed by atoms with E-state index in [1.807, 2.05) is 13.8 Å². The summed E-state index contributed by atoms with van der Waals surface area (Å²) >= 11 is 0. The Morgan fingerprint density at radius 2 is 2.17 bits per heavy atom. The van der Waals surface area contributed by atoms with Crippen LogP contribution in [0.3, 0.4) is 0 Å². The van der Waals surface area contributed by atoms with Gasteiger partial charge in [0.2, 0.25) is 0 Å². The third-order valence-electron chi connectivity index (χ3n) is 2.50. The van der Waals surface area contributed by atoms with Gasteiger partial charge in [-0.25, -0.2) is 0 Å². The molecule has 2 heteroatoms. The molecule has 1 rings (SSSR count). The molecule has 1 aliphatic rings. The molecule has 0 amide bonds. The molecule has 2 nitrogen and oxygen atoms in total. The summed E-state index contributed by atoms with van der Waals surface area (Å²) in [5, 5.41) is 12.2. The van der Waals surface area contributed by atoms with Crippen molar-refractivity contribution in [2.24, 2.45) is 11.3 Å². The fourth-order valence-corrected chi connectivity index (χ4v) is 1.22. The largest absolute Gasteiger partial charge is 0.312 e. The Morgan fingerprint density at radius 1 is 1.58 bits per heavy atom. The van der Waals surface area contributed by atoms with Crippen LogP contribution in [0.25, 0.3) is 0 Å². The zero-order valence-corrected chi connectivity index (χ0v) is 8.22. The minimum atomic E-state index is -0.219. The van der Waals surface area contributed by atoms with E-state index in [1.54, 1.807) is 0 Å². The van der Waals surface area contributed by atoms with Crippen molar-refractivity contribution < 1.29 is 0 Å². The average molecular weight is 166 g/mol. The number of nitrogens with one attached hydrogen (secondary N) is 1. The summed E-state index contributed by atoms with van der Waals surface area (Å²) in [7, 11) is 0. The first-order valence-electron chi connectivity index (χ1n) is 4.70. The fraction of sp³-hybridized carbons (Fsp3) is 0.900. The van der Waals surface area contributed by atoms with Gasteiger partial charge in [0, 0.05) is 12.6 Å². The third-order valence-corrected chi connectivity index (χ3v) is 2.50. The van der Waals surface area contributed by atoms with Crippen LogP contribution in [0.15, 0.2) is 0 Å². The van der Waals surface area contributed by atoms with Gasteiger partial charge in [-0.3, -0.25) is 0 Å². The number of nitriles is 1. The zero-order chi connectivity index (χ0) is 9.19. The second-order valence-corrected chi connectivity index (χ2v) is 4.50. The van der Waals surface area contributed by atoms with E-state index in [0.29, 0.717) is 6.04 Å². The zero-order valence-electron chi connectivity index (χ0n) is 8.22. The standard InChI is InChI=1S/C10H18N2/c1-8(9-4-5-9)12-7-10(2,3)6-11/h8-9,12H,4-5,7H2,1-3H3. The fourth-order valence-electron chi connectivity index (χ4n) is 1.22. The first-order valence-corrected chi connectivity index (χ1v) is 4.70. The molecule has 0 spiro atoms. The van der Waals surface area contributed by atoms with Crippen LogP contribution in [0.1, 0.15) is 33.6 Å². The van der Waals surface area contributed by atoms with Crippen molar-refractivity contribution in [2.45, 2.75) is 39.7 Å². The maximum Gasteiger partial charge on any atom is 0.0697 e. The maximum atomic E-state index is 8.77. The molecule has 1 N–H and O–H groups in total. The highest BCUT2D eigenvalue weighted by Gasteiger charge is 2.28. The number of rotatable bonds is 4. The lowest BCUT2D eigenvalue weighted by atomic mass is 9.95. The Kier molecular flexibility index (Phi) is 2.74. The van der Waals surface area contributed by atoms with Gasteiger partial charge >= 0.3 is 0 Å². The Morgan fingerprint density at radius 3 is 2.58 bits per heavy atom. The summed E-state index contributed by atoms with van der Waals surface area (Å²) in [6, 6.07) is 2.89. The highest BCUT2D eigenvalue weighted by Crippen LogP contribution is 2.32. The normalized spacial score (nSPS) is 20.2. The van der Waals surface area contributed by atoms with Gasteiger partial charge in [-0.2, -0.15) is 5.26 Å². The molecule has 0 aromatic heterocycles. The minimum absolute atomic E-state index is 0.219. The molecule has 0 aliphatic heterocycles. The molecule has 1 saturated carbocycles. The molecule has 12 heavy (non-hydrogen) atoms. The van der Waals surface area contributed by atoms with Crippen LogP contribution >= 0.6 is 0 Å². The van der Waals surface area contributed by atoms with E-state index in [0.717, 1.165) is 12.5 Å². The molecule has 1 unspecified atom stereocenters. The molecule has 0 radical (unpaired) electrons. The predicted molar refractivity (Wildman–Crippen MR) is 49.6 cm³/mol. The molecule has 1 fully saturated rings. The van der Waals surface area contributed by atoms with Crippen LogP contribution in [0.4, 0.5) is 0 Å². The summed E-state index contributed by atoms with van der Waals surface area (Å²) < 4.78 is 0. The van der Waals surface area contributed by atoms with Crippen LogP contribution < -0.4 is 5.32 Å². The van der Waals surface area contributed by atoms with Gasteiger partial charge in [0.15, 0.2) is 0 Å². The van der Waals surface area contributed by atoms with Gasteiger partial charge < -0.3 is 5.32 Å². The quantitative estimate of drug-likeness (QED) is 0.692. The summed E-state index contributed by atoms with van der Waals surface area (Å²) in [5.74, 6) is 0.875. The monoisotopic (exact) mass is 166 g/mol. The van der Waals surface area contributed by atoms with Gasteiger partial charge in [0.05, 0.1) is 11.5 Å². The van der Waals surface area contributed by atoms with Gasteiger partial charge in [-0.05, 0) is 39.5 Å². The van der Waals surface area contributed by atoms with Crippen molar-refractivity contribution >= 4 is 0 Å². The van der Waals surface area contributed by atoms with Gasteiger partial charge in [-0.1, -0.05) is 0 Å². The third kappa shape index (κ3) is 2.83. The number of nitrogens with zero attached hydrogens (tertiary/aromatic N) is 1. The molecule has 1 atom stereocenters. The van der Waals surface area contributed by atoms with E-state index in [-0.39, 0.29) is 5.41 Å². The van der Waals surface area contributed by atoms with Crippen LogP contribution in [0, 0.1) is 22.7 Å². The van der Waals surface area contributed by atoms with Gasteiger partial charge in [0.1, 0.15) is 0 Å². The molecular formula is C10H18N2. The van der Waals surface area contributed by atoms with E-state index < -0.39 is 0 Å². The smallest absolute Gasteiger partial charge is 0.0697 e. The number of hydrogen-bond acceptors (Lipinski definition) is 2. The Balaban J connectivity index is 2.20. The van der Waals surface area contributed by atoms with Crippen molar-refractivity contribution in [3.8, 4) is 6.07 Å². The van der Waals surface area contributed by atoms with E-state index >= 15 is 0 Å². The second kappa shape index (κ2) is 3.45.